The van der Waals surface area contributed by atoms with Gasteiger partial charge in [0.25, 0.3) is 0 Å². The largest absolute Gasteiger partial charge is 0.435 e. The number of hydrogen-bond acceptors (Lipinski definition) is 4. The molecule has 1 saturated heterocycles. The van der Waals surface area contributed by atoms with Crippen molar-refractivity contribution in [1.29, 1.82) is 0 Å². The van der Waals surface area contributed by atoms with Gasteiger partial charge in [0, 0.05) is 61.1 Å². The van der Waals surface area contributed by atoms with Crippen LogP contribution in [-0.2, 0) is 11.7 Å². The van der Waals surface area contributed by atoms with E-state index in [1.807, 2.05) is 91.0 Å². The maximum absolute atomic E-state index is 15.0. The van der Waals surface area contributed by atoms with Crippen LogP contribution in [0.1, 0.15) is 23.2 Å². The Morgan fingerprint density at radius 2 is 1.49 bits per heavy atom. The summed E-state index contributed by atoms with van der Waals surface area (Å²) >= 11 is 0. The van der Waals surface area contributed by atoms with Gasteiger partial charge in [-0.1, -0.05) is 91.0 Å². The van der Waals surface area contributed by atoms with Crippen LogP contribution in [0.4, 0.5) is 18.9 Å². The molecule has 3 heterocycles. The predicted molar refractivity (Wildman–Crippen MR) is 173 cm³/mol. The Labute approximate surface area is 260 Å². The van der Waals surface area contributed by atoms with Gasteiger partial charge < -0.3 is 9.80 Å². The topological polar surface area (TPSA) is 37.2 Å². The molecule has 1 atom stereocenters. The summed E-state index contributed by atoms with van der Waals surface area (Å²) in [7, 11) is 2.10. The molecule has 5 nitrogen and oxygen atoms in total. The Bertz CT molecular complexity index is 1810. The molecule has 0 N–H and O–H groups in total. The second-order valence-corrected chi connectivity index (χ2v) is 11.8. The van der Waals surface area contributed by atoms with E-state index in [0.717, 1.165) is 53.9 Å². The highest BCUT2D eigenvalue weighted by atomic mass is 19.4. The lowest BCUT2D eigenvalue weighted by Gasteiger charge is -2.41. The molecule has 2 aliphatic rings. The first-order valence-corrected chi connectivity index (χ1v) is 15.3. The third-order valence-electron chi connectivity index (χ3n) is 9.16. The molecular weight excluding hydrogens is 571 g/mol. The zero-order valence-electron chi connectivity index (χ0n) is 25.0. The monoisotopic (exact) mass is 605 g/mol. The van der Waals surface area contributed by atoms with Crippen molar-refractivity contribution in [3.63, 3.8) is 0 Å². The highest BCUT2D eigenvalue weighted by molar-refractivity contribution is 5.95. The number of rotatable bonds is 6. The molecule has 1 aliphatic carbocycles. The van der Waals surface area contributed by atoms with Crippen molar-refractivity contribution < 1.29 is 13.2 Å². The van der Waals surface area contributed by atoms with Gasteiger partial charge in [-0.2, -0.15) is 18.3 Å². The number of fused-ring (bicyclic) bond motifs is 1. The lowest BCUT2D eigenvalue weighted by Crippen LogP contribution is -2.44. The molecule has 1 aliphatic heterocycles. The summed E-state index contributed by atoms with van der Waals surface area (Å²) in [6.07, 6.45) is 7.44. The average Bonchev–Trinajstić information content (AvgIpc) is 3.53. The molecule has 0 saturated carbocycles. The van der Waals surface area contributed by atoms with Crippen LogP contribution in [0, 0.1) is 5.92 Å². The Morgan fingerprint density at radius 3 is 2.11 bits per heavy atom. The number of halogens is 3. The SMILES string of the molecule is CN1CCN(c2ccnc3ccc(-c4cn(C(c5ccccc5)(c5ccccc5)C5C=CC=CC5)nc4C(F)(F)F)cc23)CC1. The van der Waals surface area contributed by atoms with E-state index in [0.29, 0.717) is 12.0 Å². The number of anilines is 1. The maximum Gasteiger partial charge on any atom is 0.435 e. The third kappa shape index (κ3) is 5.23. The van der Waals surface area contributed by atoms with Crippen LogP contribution >= 0.6 is 0 Å². The van der Waals surface area contributed by atoms with E-state index in [1.54, 1.807) is 23.1 Å². The summed E-state index contributed by atoms with van der Waals surface area (Å²) in [5.74, 6) is -0.189. The zero-order chi connectivity index (χ0) is 31.0. The number of hydrogen-bond donors (Lipinski definition) is 0. The second-order valence-electron chi connectivity index (χ2n) is 11.8. The molecule has 1 unspecified atom stereocenters. The van der Waals surface area contributed by atoms with Crippen LogP contribution in [0.2, 0.25) is 0 Å². The van der Waals surface area contributed by atoms with E-state index >= 15 is 0 Å². The van der Waals surface area contributed by atoms with Crippen molar-refractivity contribution in [3.05, 3.63) is 138 Å². The molecule has 3 aromatic carbocycles. The van der Waals surface area contributed by atoms with Crippen LogP contribution in [0.15, 0.2) is 122 Å². The number of piperazine rings is 1. The van der Waals surface area contributed by atoms with Crippen molar-refractivity contribution in [1.82, 2.24) is 19.7 Å². The second kappa shape index (κ2) is 11.7. The zero-order valence-corrected chi connectivity index (χ0v) is 25.0. The van der Waals surface area contributed by atoms with E-state index in [4.69, 9.17) is 0 Å². The van der Waals surface area contributed by atoms with Crippen LogP contribution < -0.4 is 4.90 Å². The number of benzene rings is 3. The Hall–Kier alpha value is -4.69. The summed E-state index contributed by atoms with van der Waals surface area (Å²) in [4.78, 5) is 9.12. The number of alkyl halides is 3. The normalized spacial score (nSPS) is 17.7. The minimum Gasteiger partial charge on any atom is -0.368 e. The molecular formula is C37H34F3N5. The van der Waals surface area contributed by atoms with Gasteiger partial charge in [-0.15, -0.1) is 0 Å². The number of aromatic nitrogens is 3. The first-order chi connectivity index (χ1) is 21.9. The molecule has 0 spiro atoms. The first kappa shape index (κ1) is 29.0. The van der Waals surface area contributed by atoms with Crippen molar-refractivity contribution in [2.75, 3.05) is 38.1 Å². The molecule has 7 rings (SSSR count). The highest BCUT2D eigenvalue weighted by Gasteiger charge is 2.46. The van der Waals surface area contributed by atoms with Gasteiger partial charge in [0.15, 0.2) is 5.69 Å². The summed E-state index contributed by atoms with van der Waals surface area (Å²) in [5.41, 5.74) is 2.02. The Morgan fingerprint density at radius 1 is 0.800 bits per heavy atom. The minimum absolute atomic E-state index is 0.0455. The molecule has 1 fully saturated rings. The van der Waals surface area contributed by atoms with Crippen molar-refractivity contribution in [3.8, 4) is 11.1 Å². The van der Waals surface area contributed by atoms with Gasteiger partial charge in [-0.05, 0) is 48.4 Å². The van der Waals surface area contributed by atoms with Gasteiger partial charge in [0.05, 0.1) is 5.52 Å². The molecule has 0 radical (unpaired) electrons. The van der Waals surface area contributed by atoms with E-state index in [1.165, 1.54) is 0 Å². The van der Waals surface area contributed by atoms with Gasteiger partial charge in [-0.25, -0.2) is 0 Å². The van der Waals surface area contributed by atoms with Gasteiger partial charge >= 0.3 is 6.18 Å². The van der Waals surface area contributed by atoms with Crippen molar-refractivity contribution in [2.24, 2.45) is 5.92 Å². The number of likely N-dealkylation sites (N-methyl/N-ethyl adjacent to an activating group) is 1. The van der Waals surface area contributed by atoms with Crippen molar-refractivity contribution >= 4 is 16.6 Å². The summed E-state index contributed by atoms with van der Waals surface area (Å²) in [5, 5.41) is 5.29. The molecule has 228 valence electrons. The van der Waals surface area contributed by atoms with Gasteiger partial charge in [0.1, 0.15) is 5.54 Å². The molecule has 2 aromatic heterocycles. The summed E-state index contributed by atoms with van der Waals surface area (Å²) < 4.78 is 46.5. The fourth-order valence-electron chi connectivity index (χ4n) is 6.90. The molecule has 0 amide bonds. The lowest BCUT2D eigenvalue weighted by molar-refractivity contribution is -0.141. The Kier molecular flexibility index (Phi) is 7.53. The van der Waals surface area contributed by atoms with E-state index < -0.39 is 17.4 Å². The number of allylic oxidation sites excluding steroid dienone is 4. The fraction of sp³-hybridized carbons (Fsp3) is 0.243. The van der Waals surface area contributed by atoms with Crippen LogP contribution in [0.25, 0.3) is 22.0 Å². The van der Waals surface area contributed by atoms with Crippen LogP contribution in [-0.4, -0.2) is 52.9 Å². The molecule has 0 bridgehead atoms. The summed E-state index contributed by atoms with van der Waals surface area (Å²) in [6, 6.07) is 26.9. The summed E-state index contributed by atoms with van der Waals surface area (Å²) in [6.45, 7) is 3.51. The molecule has 8 heteroatoms. The van der Waals surface area contributed by atoms with E-state index in [2.05, 4.69) is 39.1 Å². The predicted octanol–water partition coefficient (Wildman–Crippen LogP) is 7.79. The van der Waals surface area contributed by atoms with E-state index in [-0.39, 0.29) is 11.5 Å². The molecule has 45 heavy (non-hydrogen) atoms. The first-order valence-electron chi connectivity index (χ1n) is 15.3. The third-order valence-corrected chi connectivity index (χ3v) is 9.16. The fourth-order valence-corrected chi connectivity index (χ4v) is 6.90. The maximum atomic E-state index is 15.0. The standard InChI is InChI=1S/C37H34F3N5/c1-43-21-23-44(24-22-43)34-19-20-41-33-18-17-27(25-31(33)34)32-26-45(42-35(32)37(38,39)40)36(28-11-5-2-6-12-28,29-13-7-3-8-14-29)30-15-9-4-10-16-30/h2-15,17-20,25-26,30H,16,21-24H2,1H3. The van der Waals surface area contributed by atoms with E-state index in [9.17, 15) is 13.2 Å². The number of pyridine rings is 1. The smallest absolute Gasteiger partial charge is 0.368 e. The van der Waals surface area contributed by atoms with Crippen molar-refractivity contribution in [2.45, 2.75) is 18.1 Å². The molecule has 5 aromatic rings. The van der Waals surface area contributed by atoms with Gasteiger partial charge in [-0.3, -0.25) is 9.67 Å². The average molecular weight is 606 g/mol. The lowest BCUT2D eigenvalue weighted by atomic mass is 9.70. The van der Waals surface area contributed by atoms with Crippen LogP contribution in [0.3, 0.4) is 0 Å². The Balaban J connectivity index is 1.46. The minimum atomic E-state index is -4.67. The highest BCUT2D eigenvalue weighted by Crippen LogP contribution is 2.47. The number of nitrogens with zero attached hydrogens (tertiary/aromatic N) is 5. The quantitative estimate of drug-likeness (QED) is 0.198. The van der Waals surface area contributed by atoms with Gasteiger partial charge in [0.2, 0.25) is 0 Å². The van der Waals surface area contributed by atoms with Crippen LogP contribution in [0.5, 0.6) is 0 Å².